The normalized spacial score (nSPS) is 12.1. The van der Waals surface area contributed by atoms with Crippen LogP contribution in [0, 0.1) is 0 Å². The third-order valence-corrected chi connectivity index (χ3v) is 7.53. The standard InChI is InChI=1S/C29H34BrN3O5S/c1-21(2)31-29(35)22(3)32(18-24-11-8-12-25(30)17-24)28(34)19-33(39(4,36)37)26-13-15-27(16-14-26)38-20-23-9-6-5-7-10-23/h5-17,21-22H,18-20H2,1-4H3,(H,31,35). The average Bonchev–Trinajstić information content (AvgIpc) is 2.88. The van der Waals surface area contributed by atoms with Crippen molar-refractivity contribution in [3.8, 4) is 5.75 Å². The zero-order valence-corrected chi connectivity index (χ0v) is 24.9. The van der Waals surface area contributed by atoms with Gasteiger partial charge in [-0.05, 0) is 68.3 Å². The molecule has 0 aromatic heterocycles. The number of nitrogens with zero attached hydrogens (tertiary/aromatic N) is 2. The molecule has 0 aliphatic rings. The maximum Gasteiger partial charge on any atom is 0.244 e. The Bertz CT molecular complexity index is 1370. The second kappa shape index (κ2) is 13.6. The summed E-state index contributed by atoms with van der Waals surface area (Å²) in [6.45, 7) is 5.35. The van der Waals surface area contributed by atoms with Crippen molar-refractivity contribution in [1.29, 1.82) is 0 Å². The highest BCUT2D eigenvalue weighted by atomic mass is 79.9. The molecule has 0 aliphatic carbocycles. The molecule has 1 unspecified atom stereocenters. The zero-order valence-electron chi connectivity index (χ0n) is 22.5. The van der Waals surface area contributed by atoms with E-state index in [0.717, 1.165) is 26.2 Å². The highest BCUT2D eigenvalue weighted by Gasteiger charge is 2.30. The number of hydrogen-bond donors (Lipinski definition) is 1. The molecule has 3 rings (SSSR count). The first-order valence-electron chi connectivity index (χ1n) is 12.5. The van der Waals surface area contributed by atoms with Crippen LogP contribution in [0.4, 0.5) is 5.69 Å². The molecule has 208 valence electrons. The SMILES string of the molecule is CC(C)NC(=O)C(C)N(Cc1cccc(Br)c1)C(=O)CN(c1ccc(OCc2ccccc2)cc1)S(C)(=O)=O. The maximum atomic E-state index is 13.6. The number of halogens is 1. The van der Waals surface area contributed by atoms with E-state index in [-0.39, 0.29) is 18.5 Å². The monoisotopic (exact) mass is 615 g/mol. The molecule has 0 heterocycles. The fourth-order valence-corrected chi connectivity index (χ4v) is 5.18. The van der Waals surface area contributed by atoms with Gasteiger partial charge in [-0.15, -0.1) is 0 Å². The zero-order chi connectivity index (χ0) is 28.6. The molecule has 0 aliphatic heterocycles. The molecule has 2 amide bonds. The van der Waals surface area contributed by atoms with Crippen LogP contribution in [0.15, 0.2) is 83.3 Å². The maximum absolute atomic E-state index is 13.6. The fourth-order valence-electron chi connectivity index (χ4n) is 3.88. The van der Waals surface area contributed by atoms with E-state index in [1.807, 2.05) is 68.4 Å². The second-order valence-corrected chi connectivity index (χ2v) is 12.4. The van der Waals surface area contributed by atoms with Crippen molar-refractivity contribution in [1.82, 2.24) is 10.2 Å². The molecule has 0 spiro atoms. The molecular weight excluding hydrogens is 582 g/mol. The Labute approximate surface area is 239 Å². The summed E-state index contributed by atoms with van der Waals surface area (Å²) in [7, 11) is -3.82. The molecule has 0 radical (unpaired) electrons. The van der Waals surface area contributed by atoms with Crippen LogP contribution in [0.25, 0.3) is 0 Å². The van der Waals surface area contributed by atoms with Crippen LogP contribution in [0.5, 0.6) is 5.75 Å². The number of amides is 2. The number of benzene rings is 3. The molecule has 1 N–H and O–H groups in total. The van der Waals surface area contributed by atoms with E-state index in [9.17, 15) is 18.0 Å². The first-order valence-corrected chi connectivity index (χ1v) is 15.2. The number of sulfonamides is 1. The average molecular weight is 617 g/mol. The molecule has 10 heteroatoms. The van der Waals surface area contributed by atoms with Crippen LogP contribution < -0.4 is 14.4 Å². The van der Waals surface area contributed by atoms with Crippen molar-refractivity contribution in [3.05, 3.63) is 94.5 Å². The molecule has 0 fully saturated rings. The molecule has 39 heavy (non-hydrogen) atoms. The fraction of sp³-hybridized carbons (Fsp3) is 0.310. The Morgan fingerprint density at radius 2 is 1.56 bits per heavy atom. The summed E-state index contributed by atoms with van der Waals surface area (Å²) in [4.78, 5) is 27.9. The second-order valence-electron chi connectivity index (χ2n) is 9.53. The molecule has 1 atom stereocenters. The van der Waals surface area contributed by atoms with Crippen molar-refractivity contribution in [2.45, 2.75) is 46.0 Å². The van der Waals surface area contributed by atoms with E-state index in [2.05, 4.69) is 21.2 Å². The van der Waals surface area contributed by atoms with Gasteiger partial charge in [0.15, 0.2) is 0 Å². The van der Waals surface area contributed by atoms with Gasteiger partial charge in [0.25, 0.3) is 0 Å². The molecular formula is C29H34BrN3O5S. The lowest BCUT2D eigenvalue weighted by Crippen LogP contribution is -2.52. The third kappa shape index (κ3) is 9.11. The number of anilines is 1. The molecule has 0 saturated carbocycles. The highest BCUT2D eigenvalue weighted by Crippen LogP contribution is 2.23. The summed E-state index contributed by atoms with van der Waals surface area (Å²) in [6.07, 6.45) is 1.05. The third-order valence-electron chi connectivity index (χ3n) is 5.89. The minimum Gasteiger partial charge on any atom is -0.489 e. The van der Waals surface area contributed by atoms with Crippen molar-refractivity contribution < 1.29 is 22.7 Å². The van der Waals surface area contributed by atoms with Crippen LogP contribution in [-0.4, -0.2) is 50.0 Å². The van der Waals surface area contributed by atoms with E-state index < -0.39 is 28.5 Å². The van der Waals surface area contributed by atoms with Gasteiger partial charge < -0.3 is 15.0 Å². The number of carbonyl (C=O) groups excluding carboxylic acids is 2. The Morgan fingerprint density at radius 1 is 0.923 bits per heavy atom. The summed E-state index contributed by atoms with van der Waals surface area (Å²) >= 11 is 3.43. The highest BCUT2D eigenvalue weighted by molar-refractivity contribution is 9.10. The predicted octanol–water partition coefficient (Wildman–Crippen LogP) is 4.74. The number of hydrogen-bond acceptors (Lipinski definition) is 5. The van der Waals surface area contributed by atoms with Crippen molar-refractivity contribution in [3.63, 3.8) is 0 Å². The summed E-state index contributed by atoms with van der Waals surface area (Å²) in [6, 6.07) is 22.7. The minimum absolute atomic E-state index is 0.113. The summed E-state index contributed by atoms with van der Waals surface area (Å²) in [5.41, 5.74) is 2.12. The van der Waals surface area contributed by atoms with Crippen LogP contribution in [0.2, 0.25) is 0 Å². The lowest BCUT2D eigenvalue weighted by molar-refractivity contribution is -0.139. The Morgan fingerprint density at radius 3 is 2.15 bits per heavy atom. The predicted molar refractivity (Wildman–Crippen MR) is 157 cm³/mol. The molecule has 0 saturated heterocycles. The van der Waals surface area contributed by atoms with Gasteiger partial charge in [0, 0.05) is 17.1 Å². The van der Waals surface area contributed by atoms with Gasteiger partial charge in [-0.1, -0.05) is 58.4 Å². The van der Waals surface area contributed by atoms with Crippen molar-refractivity contribution in [2.24, 2.45) is 0 Å². The van der Waals surface area contributed by atoms with E-state index in [0.29, 0.717) is 18.0 Å². The van der Waals surface area contributed by atoms with Gasteiger partial charge in [-0.2, -0.15) is 0 Å². The van der Waals surface area contributed by atoms with Crippen molar-refractivity contribution >= 4 is 43.5 Å². The van der Waals surface area contributed by atoms with Crippen LogP contribution in [0.1, 0.15) is 31.9 Å². The molecule has 8 nitrogen and oxygen atoms in total. The molecule has 0 bridgehead atoms. The van der Waals surface area contributed by atoms with Gasteiger partial charge >= 0.3 is 0 Å². The summed E-state index contributed by atoms with van der Waals surface area (Å²) in [5.74, 6) is -0.256. The summed E-state index contributed by atoms with van der Waals surface area (Å²) < 4.78 is 33.2. The first kappa shape index (κ1) is 30.2. The van der Waals surface area contributed by atoms with Crippen molar-refractivity contribution in [2.75, 3.05) is 17.1 Å². The minimum atomic E-state index is -3.82. The molecule has 3 aromatic carbocycles. The Balaban J connectivity index is 1.82. The van der Waals surface area contributed by atoms with Gasteiger partial charge in [0.05, 0.1) is 11.9 Å². The van der Waals surface area contributed by atoms with Gasteiger partial charge in [0.1, 0.15) is 24.9 Å². The smallest absolute Gasteiger partial charge is 0.244 e. The summed E-state index contributed by atoms with van der Waals surface area (Å²) in [5, 5.41) is 2.83. The van der Waals surface area contributed by atoms with Gasteiger partial charge in [0.2, 0.25) is 21.8 Å². The lowest BCUT2D eigenvalue weighted by Gasteiger charge is -2.32. The quantitative estimate of drug-likeness (QED) is 0.318. The Hall–Kier alpha value is -3.37. The van der Waals surface area contributed by atoms with E-state index >= 15 is 0 Å². The Kier molecular flexibility index (Phi) is 10.5. The largest absolute Gasteiger partial charge is 0.489 e. The van der Waals surface area contributed by atoms with E-state index in [1.54, 1.807) is 31.2 Å². The topological polar surface area (TPSA) is 96.0 Å². The number of rotatable bonds is 12. The van der Waals surface area contributed by atoms with E-state index in [1.165, 1.54) is 4.90 Å². The first-order chi connectivity index (χ1) is 18.4. The van der Waals surface area contributed by atoms with Crippen LogP contribution in [-0.2, 0) is 32.8 Å². The number of carbonyl (C=O) groups is 2. The number of nitrogens with one attached hydrogen (secondary N) is 1. The molecule has 3 aromatic rings. The van der Waals surface area contributed by atoms with Crippen LogP contribution in [0.3, 0.4) is 0 Å². The van der Waals surface area contributed by atoms with Gasteiger partial charge in [-0.25, -0.2) is 8.42 Å². The lowest BCUT2D eigenvalue weighted by atomic mass is 10.1. The van der Waals surface area contributed by atoms with E-state index in [4.69, 9.17) is 4.74 Å². The number of ether oxygens (including phenoxy) is 1. The van der Waals surface area contributed by atoms with Crippen LogP contribution >= 0.6 is 15.9 Å². The van der Waals surface area contributed by atoms with Gasteiger partial charge in [-0.3, -0.25) is 13.9 Å².